The first-order chi connectivity index (χ1) is 7.58. The molecule has 3 nitrogen and oxygen atoms in total. The monoisotopic (exact) mass is 220 g/mol. The highest BCUT2D eigenvalue weighted by atomic mass is 19.1. The number of carbonyl (C=O) groups is 1. The molecule has 0 saturated heterocycles. The van der Waals surface area contributed by atoms with Gasteiger partial charge in [-0.15, -0.1) is 0 Å². The molecule has 0 fully saturated rings. The van der Waals surface area contributed by atoms with Gasteiger partial charge in [0.15, 0.2) is 0 Å². The molecule has 1 aromatic carbocycles. The Labute approximate surface area is 93.6 Å². The van der Waals surface area contributed by atoms with Crippen LogP contribution in [-0.4, -0.2) is 16.6 Å². The average molecular weight is 220 g/mol. The maximum atomic E-state index is 13.0. The van der Waals surface area contributed by atoms with Crippen LogP contribution in [0.4, 0.5) is 4.39 Å². The lowest BCUT2D eigenvalue weighted by Crippen LogP contribution is -2.25. The van der Waals surface area contributed by atoms with Crippen molar-refractivity contribution in [1.29, 1.82) is 0 Å². The lowest BCUT2D eigenvalue weighted by atomic mass is 10.1. The van der Waals surface area contributed by atoms with Crippen LogP contribution >= 0.6 is 0 Å². The van der Waals surface area contributed by atoms with Crippen LogP contribution in [0.5, 0.6) is 0 Å². The molecular weight excluding hydrogens is 207 g/mol. The molecule has 1 amide bonds. The van der Waals surface area contributed by atoms with E-state index in [2.05, 4.69) is 5.10 Å². The van der Waals surface area contributed by atoms with Gasteiger partial charge in [0.25, 0.3) is 5.91 Å². The maximum absolute atomic E-state index is 13.0. The van der Waals surface area contributed by atoms with Gasteiger partial charge in [-0.1, -0.05) is 12.1 Å². The Balaban J connectivity index is 2.15. The fourth-order valence-corrected chi connectivity index (χ4v) is 1.65. The van der Waals surface area contributed by atoms with Crippen molar-refractivity contribution in [3.63, 3.8) is 0 Å². The summed E-state index contributed by atoms with van der Waals surface area (Å²) in [5.41, 5.74) is 1.56. The Morgan fingerprint density at radius 1 is 1.50 bits per heavy atom. The highest BCUT2D eigenvalue weighted by molar-refractivity contribution is 6.06. The fraction of sp³-hybridized carbons (Fsp3) is 0.333. The molecule has 84 valence electrons. The molecular formula is C12H13FN2O. The molecule has 0 spiro atoms. The molecule has 1 heterocycles. The van der Waals surface area contributed by atoms with E-state index >= 15 is 0 Å². The minimum atomic E-state index is -0.294. The molecule has 1 aliphatic rings. The standard InChI is InChI=1S/C12H13FN2O/c1-8-9(2)14-15(12(8)16)7-10-4-3-5-11(13)6-10/h3-6,8H,7H2,1-2H3. The van der Waals surface area contributed by atoms with Gasteiger partial charge in [0, 0.05) is 5.71 Å². The second-order valence-corrected chi connectivity index (χ2v) is 3.99. The van der Waals surface area contributed by atoms with Crippen molar-refractivity contribution in [2.45, 2.75) is 20.4 Å². The first kappa shape index (κ1) is 10.8. The van der Waals surface area contributed by atoms with Crippen molar-refractivity contribution < 1.29 is 9.18 Å². The lowest BCUT2D eigenvalue weighted by molar-refractivity contribution is -0.131. The van der Waals surface area contributed by atoms with Crippen molar-refractivity contribution in [3.05, 3.63) is 35.6 Å². The predicted molar refractivity (Wildman–Crippen MR) is 59.2 cm³/mol. The average Bonchev–Trinajstić information content (AvgIpc) is 2.47. The molecule has 0 bridgehead atoms. The minimum Gasteiger partial charge on any atom is -0.272 e. The SMILES string of the molecule is CC1=NN(Cc2cccc(F)c2)C(=O)C1C. The summed E-state index contributed by atoms with van der Waals surface area (Å²) in [5.74, 6) is -0.479. The first-order valence-electron chi connectivity index (χ1n) is 5.19. The van der Waals surface area contributed by atoms with Gasteiger partial charge in [-0.25, -0.2) is 9.40 Å². The fourth-order valence-electron chi connectivity index (χ4n) is 1.65. The third kappa shape index (κ3) is 1.96. The van der Waals surface area contributed by atoms with Crippen LogP contribution in [-0.2, 0) is 11.3 Å². The van der Waals surface area contributed by atoms with E-state index in [1.165, 1.54) is 17.1 Å². The third-order valence-corrected chi connectivity index (χ3v) is 2.75. The van der Waals surface area contributed by atoms with Crippen LogP contribution in [0.1, 0.15) is 19.4 Å². The summed E-state index contributed by atoms with van der Waals surface area (Å²) >= 11 is 0. The quantitative estimate of drug-likeness (QED) is 0.751. The Hall–Kier alpha value is -1.71. The molecule has 0 radical (unpaired) electrons. The number of amides is 1. The summed E-state index contributed by atoms with van der Waals surface area (Å²) in [6.07, 6.45) is 0. The molecule has 1 aromatic rings. The normalized spacial score (nSPS) is 20.2. The van der Waals surface area contributed by atoms with E-state index in [4.69, 9.17) is 0 Å². The second-order valence-electron chi connectivity index (χ2n) is 3.99. The predicted octanol–water partition coefficient (Wildman–Crippen LogP) is 2.18. The van der Waals surface area contributed by atoms with Crippen LogP contribution in [0, 0.1) is 11.7 Å². The Bertz CT molecular complexity index is 456. The van der Waals surface area contributed by atoms with Gasteiger partial charge in [0.2, 0.25) is 0 Å². The smallest absolute Gasteiger partial charge is 0.251 e. The van der Waals surface area contributed by atoms with Crippen molar-refractivity contribution in [2.24, 2.45) is 11.0 Å². The molecule has 0 N–H and O–H groups in total. The maximum Gasteiger partial charge on any atom is 0.251 e. The summed E-state index contributed by atoms with van der Waals surface area (Å²) < 4.78 is 13.0. The molecule has 0 saturated carbocycles. The highest BCUT2D eigenvalue weighted by Gasteiger charge is 2.29. The van der Waals surface area contributed by atoms with Gasteiger partial charge in [-0.05, 0) is 31.5 Å². The molecule has 0 aliphatic carbocycles. The molecule has 1 unspecified atom stereocenters. The number of carbonyl (C=O) groups excluding carboxylic acids is 1. The van der Waals surface area contributed by atoms with E-state index in [-0.39, 0.29) is 17.6 Å². The van der Waals surface area contributed by atoms with E-state index in [0.717, 1.165) is 11.3 Å². The highest BCUT2D eigenvalue weighted by Crippen LogP contribution is 2.18. The van der Waals surface area contributed by atoms with Gasteiger partial charge < -0.3 is 0 Å². The Morgan fingerprint density at radius 3 is 2.81 bits per heavy atom. The van der Waals surface area contributed by atoms with Crippen molar-refractivity contribution in [1.82, 2.24) is 5.01 Å². The summed E-state index contributed by atoms with van der Waals surface area (Å²) in [7, 11) is 0. The van der Waals surface area contributed by atoms with E-state index in [0.29, 0.717) is 6.54 Å². The number of halogens is 1. The zero-order chi connectivity index (χ0) is 11.7. The van der Waals surface area contributed by atoms with Crippen molar-refractivity contribution >= 4 is 11.6 Å². The summed E-state index contributed by atoms with van der Waals surface area (Å²) in [4.78, 5) is 11.7. The number of nitrogens with zero attached hydrogens (tertiary/aromatic N) is 2. The van der Waals surface area contributed by atoms with Gasteiger partial charge in [0.1, 0.15) is 5.82 Å². The topological polar surface area (TPSA) is 32.7 Å². The lowest BCUT2D eigenvalue weighted by Gasteiger charge is -2.12. The third-order valence-electron chi connectivity index (χ3n) is 2.75. The number of hydrogen-bond donors (Lipinski definition) is 0. The van der Waals surface area contributed by atoms with Crippen molar-refractivity contribution in [3.8, 4) is 0 Å². The summed E-state index contributed by atoms with van der Waals surface area (Å²) in [6, 6.07) is 6.21. The zero-order valence-corrected chi connectivity index (χ0v) is 9.27. The van der Waals surface area contributed by atoms with Crippen molar-refractivity contribution in [2.75, 3.05) is 0 Å². The Kier molecular flexibility index (Phi) is 2.73. The number of benzene rings is 1. The summed E-state index contributed by atoms with van der Waals surface area (Å²) in [5, 5.41) is 5.55. The molecule has 4 heteroatoms. The summed E-state index contributed by atoms with van der Waals surface area (Å²) in [6.45, 7) is 3.99. The number of hydrazone groups is 1. The van der Waals surface area contributed by atoms with E-state index in [9.17, 15) is 9.18 Å². The molecule has 1 aliphatic heterocycles. The number of rotatable bonds is 2. The van der Waals surface area contributed by atoms with Crippen LogP contribution in [0.15, 0.2) is 29.4 Å². The van der Waals surface area contributed by atoms with Gasteiger partial charge in [-0.3, -0.25) is 4.79 Å². The van der Waals surface area contributed by atoms with E-state index in [1.54, 1.807) is 12.1 Å². The van der Waals surface area contributed by atoms with Crippen LogP contribution < -0.4 is 0 Å². The molecule has 16 heavy (non-hydrogen) atoms. The molecule has 0 aromatic heterocycles. The molecule has 2 rings (SSSR count). The second kappa shape index (κ2) is 4.04. The number of hydrogen-bond acceptors (Lipinski definition) is 2. The van der Waals surface area contributed by atoms with Gasteiger partial charge in [-0.2, -0.15) is 5.10 Å². The van der Waals surface area contributed by atoms with Crippen LogP contribution in [0.3, 0.4) is 0 Å². The minimum absolute atomic E-state index is 0.0261. The Morgan fingerprint density at radius 2 is 2.25 bits per heavy atom. The van der Waals surface area contributed by atoms with Crippen LogP contribution in [0.2, 0.25) is 0 Å². The van der Waals surface area contributed by atoms with Crippen LogP contribution in [0.25, 0.3) is 0 Å². The zero-order valence-electron chi connectivity index (χ0n) is 9.27. The first-order valence-corrected chi connectivity index (χ1v) is 5.19. The van der Waals surface area contributed by atoms with E-state index < -0.39 is 0 Å². The largest absolute Gasteiger partial charge is 0.272 e. The van der Waals surface area contributed by atoms with E-state index in [1.807, 2.05) is 13.8 Å². The molecule has 1 atom stereocenters. The van der Waals surface area contributed by atoms with Gasteiger partial charge >= 0.3 is 0 Å². The van der Waals surface area contributed by atoms with Gasteiger partial charge in [0.05, 0.1) is 12.5 Å².